The van der Waals surface area contributed by atoms with Crippen molar-refractivity contribution in [3.05, 3.63) is 17.6 Å². The van der Waals surface area contributed by atoms with Gasteiger partial charge in [-0.15, -0.1) is 0 Å². The van der Waals surface area contributed by atoms with Crippen LogP contribution >= 0.6 is 0 Å². The molecule has 2 heterocycles. The van der Waals surface area contributed by atoms with Crippen molar-refractivity contribution in [2.24, 2.45) is 16.7 Å². The van der Waals surface area contributed by atoms with E-state index in [0.717, 1.165) is 25.0 Å². The highest BCUT2D eigenvalue weighted by atomic mass is 32.2. The van der Waals surface area contributed by atoms with Crippen LogP contribution in [0, 0.1) is 30.6 Å². The van der Waals surface area contributed by atoms with E-state index in [0.29, 0.717) is 43.6 Å². The Morgan fingerprint density at radius 2 is 2.00 bits per heavy atom. The summed E-state index contributed by atoms with van der Waals surface area (Å²) in [7, 11) is -3.56. The van der Waals surface area contributed by atoms with Gasteiger partial charge in [0.1, 0.15) is 17.7 Å². The summed E-state index contributed by atoms with van der Waals surface area (Å²) < 4.78 is 34.3. The summed E-state index contributed by atoms with van der Waals surface area (Å²) in [5.74, 6) is 1.51. The molecule has 1 aromatic heterocycles. The molecule has 4 rings (SSSR count). The molecule has 2 saturated carbocycles. The average molecular weight is 422 g/mol. The lowest BCUT2D eigenvalue weighted by Crippen LogP contribution is -2.50. The summed E-state index contributed by atoms with van der Waals surface area (Å²) in [5, 5.41) is 0. The van der Waals surface area contributed by atoms with Crippen molar-refractivity contribution in [3.63, 3.8) is 0 Å². The van der Waals surface area contributed by atoms with Gasteiger partial charge >= 0.3 is 0 Å². The number of carbonyl (C=O) groups excluding carboxylic acids is 1. The van der Waals surface area contributed by atoms with Crippen molar-refractivity contribution >= 4 is 15.8 Å². The van der Waals surface area contributed by atoms with Gasteiger partial charge in [-0.05, 0) is 50.9 Å². The zero-order chi connectivity index (χ0) is 21.0. The smallest absolute Gasteiger partial charge is 0.217 e. The number of nitrogens with zero attached hydrogens (tertiary/aromatic N) is 3. The maximum Gasteiger partial charge on any atom is 0.217 e. The highest BCUT2D eigenvalue weighted by Gasteiger charge is 2.65. The number of hydrogen-bond donors (Lipinski definition) is 0. The van der Waals surface area contributed by atoms with Gasteiger partial charge < -0.3 is 4.74 Å². The number of hydrogen-bond acceptors (Lipinski definition) is 6. The highest BCUT2D eigenvalue weighted by Crippen LogP contribution is 2.64. The molecule has 0 aromatic carbocycles. The topological polar surface area (TPSA) is 89.5 Å². The van der Waals surface area contributed by atoms with Gasteiger partial charge in [0.25, 0.3) is 0 Å². The van der Waals surface area contributed by atoms with Gasteiger partial charge in [0, 0.05) is 30.1 Å². The zero-order valence-corrected chi connectivity index (χ0v) is 18.6. The van der Waals surface area contributed by atoms with Crippen LogP contribution < -0.4 is 4.74 Å². The molecule has 1 aliphatic heterocycles. The number of ether oxygens (including phenoxy) is 1. The number of ketones is 1. The molecule has 2 bridgehead atoms. The van der Waals surface area contributed by atoms with E-state index in [-0.39, 0.29) is 23.1 Å². The molecule has 160 valence electrons. The molecule has 0 spiro atoms. The second-order valence-electron chi connectivity index (χ2n) is 9.56. The number of piperidine rings is 1. The Balaban J connectivity index is 1.49. The summed E-state index contributed by atoms with van der Waals surface area (Å²) in [4.78, 5) is 21.3. The highest BCUT2D eigenvalue weighted by molar-refractivity contribution is 7.89. The van der Waals surface area contributed by atoms with E-state index < -0.39 is 15.4 Å². The molecule has 29 heavy (non-hydrogen) atoms. The number of carbonyl (C=O) groups is 1. The van der Waals surface area contributed by atoms with Crippen LogP contribution in [0.4, 0.5) is 0 Å². The molecule has 3 atom stereocenters. The van der Waals surface area contributed by atoms with Crippen molar-refractivity contribution < 1.29 is 17.9 Å². The third-order valence-corrected chi connectivity index (χ3v) is 9.51. The Morgan fingerprint density at radius 1 is 1.24 bits per heavy atom. The summed E-state index contributed by atoms with van der Waals surface area (Å²) in [6, 6.07) is 1.78. The number of fused-ring (bicyclic) bond motifs is 2. The molecule has 3 aliphatic rings. The first-order valence-corrected chi connectivity index (χ1v) is 12.1. The first-order chi connectivity index (χ1) is 13.5. The van der Waals surface area contributed by atoms with Crippen LogP contribution in [0.2, 0.25) is 0 Å². The Morgan fingerprint density at radius 3 is 2.62 bits per heavy atom. The minimum atomic E-state index is -3.56. The van der Waals surface area contributed by atoms with Crippen LogP contribution in [-0.4, -0.2) is 53.4 Å². The average Bonchev–Trinajstić information content (AvgIpc) is 2.95. The minimum absolute atomic E-state index is 0.0687. The SMILES string of the molecule is Cc1cc(OC2CCCN(S(=O)(=O)CC34CCC(CC3=O)C4(C)C)C2)nc(C)n1. The summed E-state index contributed by atoms with van der Waals surface area (Å²) in [5.41, 5.74) is -0.158. The predicted molar refractivity (Wildman–Crippen MR) is 109 cm³/mol. The Kier molecular flexibility index (Phi) is 5.01. The maximum absolute atomic E-state index is 13.4. The van der Waals surface area contributed by atoms with Crippen molar-refractivity contribution in [1.82, 2.24) is 14.3 Å². The molecular formula is C21H31N3O4S. The fourth-order valence-corrected chi connectivity index (χ4v) is 7.96. The molecule has 0 amide bonds. The van der Waals surface area contributed by atoms with Gasteiger partial charge in [-0.3, -0.25) is 4.79 Å². The molecule has 1 saturated heterocycles. The van der Waals surface area contributed by atoms with Crippen LogP contribution in [0.5, 0.6) is 5.88 Å². The summed E-state index contributed by atoms with van der Waals surface area (Å²) in [6.07, 6.45) is 3.45. The Hall–Kier alpha value is -1.54. The van der Waals surface area contributed by atoms with Crippen LogP contribution in [-0.2, 0) is 14.8 Å². The second-order valence-corrected chi connectivity index (χ2v) is 11.5. The molecule has 2 aliphatic carbocycles. The molecule has 0 radical (unpaired) electrons. The van der Waals surface area contributed by atoms with E-state index in [2.05, 4.69) is 23.8 Å². The zero-order valence-electron chi connectivity index (χ0n) is 17.8. The fourth-order valence-electron chi connectivity index (χ4n) is 5.68. The summed E-state index contributed by atoms with van der Waals surface area (Å²) >= 11 is 0. The van der Waals surface area contributed by atoms with Gasteiger partial charge in [-0.1, -0.05) is 13.8 Å². The van der Waals surface area contributed by atoms with Gasteiger partial charge in [0.2, 0.25) is 15.9 Å². The lowest BCUT2D eigenvalue weighted by molar-refractivity contribution is -0.128. The van der Waals surface area contributed by atoms with Crippen molar-refractivity contribution in [2.75, 3.05) is 18.8 Å². The second kappa shape index (κ2) is 7.01. The van der Waals surface area contributed by atoms with E-state index >= 15 is 0 Å². The molecule has 1 aromatic rings. The first-order valence-electron chi connectivity index (χ1n) is 10.5. The minimum Gasteiger partial charge on any atom is -0.473 e. The van der Waals surface area contributed by atoms with E-state index in [4.69, 9.17) is 4.74 Å². The molecular weight excluding hydrogens is 390 g/mol. The van der Waals surface area contributed by atoms with E-state index in [1.807, 2.05) is 13.8 Å². The lowest BCUT2D eigenvalue weighted by Gasteiger charge is -2.39. The number of sulfonamides is 1. The normalized spacial score (nSPS) is 31.9. The molecule has 0 N–H and O–H groups in total. The summed E-state index contributed by atoms with van der Waals surface area (Å²) in [6.45, 7) is 8.64. The van der Waals surface area contributed by atoms with Crippen LogP contribution in [0.1, 0.15) is 57.5 Å². The van der Waals surface area contributed by atoms with Crippen LogP contribution in [0.15, 0.2) is 6.07 Å². The third kappa shape index (κ3) is 3.48. The quantitative estimate of drug-likeness (QED) is 0.726. The van der Waals surface area contributed by atoms with E-state index in [1.54, 1.807) is 6.07 Å². The molecule has 3 fully saturated rings. The first kappa shape index (κ1) is 20.7. The Labute approximate surface area is 173 Å². The van der Waals surface area contributed by atoms with E-state index in [9.17, 15) is 13.2 Å². The van der Waals surface area contributed by atoms with Gasteiger partial charge in [-0.25, -0.2) is 13.4 Å². The number of Topliss-reactive ketones (excluding diaryl/α,β-unsaturated/α-hetero) is 1. The van der Waals surface area contributed by atoms with Crippen LogP contribution in [0.25, 0.3) is 0 Å². The molecule has 8 heteroatoms. The van der Waals surface area contributed by atoms with Crippen molar-refractivity contribution in [3.8, 4) is 5.88 Å². The predicted octanol–water partition coefficient (Wildman–Crippen LogP) is 2.66. The standard InChI is InChI=1S/C21H31N3O4S/c1-14-10-19(23-15(2)22-14)28-17-6-5-9-24(12-17)29(26,27)13-21-8-7-16(11-18(21)25)20(21,3)4/h10,16-17H,5-9,11-13H2,1-4H3. The van der Waals surface area contributed by atoms with Gasteiger partial charge in [0.05, 0.1) is 12.3 Å². The molecule has 7 nitrogen and oxygen atoms in total. The number of aromatic nitrogens is 2. The maximum atomic E-state index is 13.4. The van der Waals surface area contributed by atoms with Gasteiger partial charge in [0.15, 0.2) is 0 Å². The fraction of sp³-hybridized carbons (Fsp3) is 0.762. The number of aryl methyl sites for hydroxylation is 2. The van der Waals surface area contributed by atoms with E-state index in [1.165, 1.54) is 4.31 Å². The van der Waals surface area contributed by atoms with Crippen molar-refractivity contribution in [2.45, 2.75) is 65.9 Å². The Bertz CT molecular complexity index is 910. The lowest BCUT2D eigenvalue weighted by atomic mass is 9.70. The number of rotatable bonds is 5. The third-order valence-electron chi connectivity index (χ3n) is 7.53. The van der Waals surface area contributed by atoms with Gasteiger partial charge in [-0.2, -0.15) is 9.29 Å². The molecule has 3 unspecified atom stereocenters. The van der Waals surface area contributed by atoms with Crippen molar-refractivity contribution in [1.29, 1.82) is 0 Å². The monoisotopic (exact) mass is 421 g/mol. The largest absolute Gasteiger partial charge is 0.473 e. The van der Waals surface area contributed by atoms with Crippen LogP contribution in [0.3, 0.4) is 0 Å².